The van der Waals surface area contributed by atoms with Crippen molar-refractivity contribution in [2.45, 2.75) is 19.2 Å². The van der Waals surface area contributed by atoms with Gasteiger partial charge in [0.15, 0.2) is 5.65 Å². The molecular weight excluding hydrogens is 293 g/mol. The Morgan fingerprint density at radius 1 is 1.25 bits per heavy atom. The fourth-order valence-electron chi connectivity index (χ4n) is 2.28. The topological polar surface area (TPSA) is 30.7 Å². The molecule has 3 nitrogen and oxygen atoms in total. The number of aryl methyl sites for hydroxylation is 1. The molecule has 0 fully saturated rings. The molecule has 0 spiro atoms. The molecule has 1 unspecified atom stereocenters. The van der Waals surface area contributed by atoms with E-state index in [0.29, 0.717) is 5.02 Å². The van der Waals surface area contributed by atoms with Crippen molar-refractivity contribution < 1.29 is 0 Å². The molecule has 3 aromatic rings. The van der Waals surface area contributed by atoms with E-state index in [4.69, 9.17) is 23.2 Å². The van der Waals surface area contributed by atoms with Crippen molar-refractivity contribution in [3.8, 4) is 5.69 Å². The minimum Gasteiger partial charge on any atom is -0.279 e. The number of imidazole rings is 1. The van der Waals surface area contributed by atoms with Gasteiger partial charge in [0, 0.05) is 6.20 Å². The monoisotopic (exact) mass is 305 g/mol. The quantitative estimate of drug-likeness (QED) is 0.643. The fraction of sp³-hybridized carbons (Fsp3) is 0.200. The Kier molecular flexibility index (Phi) is 3.40. The normalized spacial score (nSPS) is 12.8. The maximum atomic E-state index is 6.28. The van der Waals surface area contributed by atoms with E-state index in [0.717, 1.165) is 28.2 Å². The van der Waals surface area contributed by atoms with Gasteiger partial charge in [-0.15, -0.1) is 11.6 Å². The molecule has 102 valence electrons. The number of para-hydroxylation sites is 1. The SMILES string of the molecule is Cc1ccccc1-n1c(C(C)Cl)nc2cc(Cl)cnc21. The number of fused-ring (bicyclic) bond motifs is 1. The Morgan fingerprint density at radius 3 is 2.70 bits per heavy atom. The van der Waals surface area contributed by atoms with Crippen LogP contribution in [0.15, 0.2) is 36.5 Å². The van der Waals surface area contributed by atoms with Crippen molar-refractivity contribution in [3.63, 3.8) is 0 Å². The number of hydrogen-bond acceptors (Lipinski definition) is 2. The fourth-order valence-corrected chi connectivity index (χ4v) is 2.58. The lowest BCUT2D eigenvalue weighted by Crippen LogP contribution is -2.04. The first-order valence-corrected chi connectivity index (χ1v) is 7.13. The number of alkyl halides is 1. The average molecular weight is 306 g/mol. The van der Waals surface area contributed by atoms with Crippen LogP contribution in [0.4, 0.5) is 0 Å². The van der Waals surface area contributed by atoms with Crippen LogP contribution < -0.4 is 0 Å². The Balaban J connectivity index is 2.38. The number of pyridine rings is 1. The Labute approximate surface area is 127 Å². The van der Waals surface area contributed by atoms with E-state index in [1.807, 2.05) is 29.7 Å². The maximum absolute atomic E-state index is 6.28. The maximum Gasteiger partial charge on any atom is 0.164 e. The second-order valence-electron chi connectivity index (χ2n) is 4.70. The molecule has 0 aliphatic carbocycles. The van der Waals surface area contributed by atoms with Gasteiger partial charge in [0.25, 0.3) is 0 Å². The zero-order valence-corrected chi connectivity index (χ0v) is 12.7. The molecule has 5 heteroatoms. The van der Waals surface area contributed by atoms with E-state index in [2.05, 4.69) is 23.0 Å². The third-order valence-corrected chi connectivity index (χ3v) is 3.60. The van der Waals surface area contributed by atoms with Gasteiger partial charge in [-0.25, -0.2) is 9.97 Å². The summed E-state index contributed by atoms with van der Waals surface area (Å²) in [6.45, 7) is 3.96. The largest absolute Gasteiger partial charge is 0.279 e. The smallest absolute Gasteiger partial charge is 0.164 e. The highest BCUT2D eigenvalue weighted by Gasteiger charge is 2.18. The van der Waals surface area contributed by atoms with E-state index < -0.39 is 0 Å². The third kappa shape index (κ3) is 2.17. The van der Waals surface area contributed by atoms with Gasteiger partial charge in [0.2, 0.25) is 0 Å². The Hall–Kier alpha value is -1.58. The molecule has 2 aromatic heterocycles. The van der Waals surface area contributed by atoms with Gasteiger partial charge in [0.05, 0.1) is 16.1 Å². The van der Waals surface area contributed by atoms with Gasteiger partial charge >= 0.3 is 0 Å². The lowest BCUT2D eigenvalue weighted by molar-refractivity contribution is 0.873. The number of rotatable bonds is 2. The molecular formula is C15H13Cl2N3. The van der Waals surface area contributed by atoms with Crippen LogP contribution in [0.5, 0.6) is 0 Å². The van der Waals surface area contributed by atoms with Crippen molar-refractivity contribution in [2.24, 2.45) is 0 Å². The van der Waals surface area contributed by atoms with Crippen LogP contribution in [-0.2, 0) is 0 Å². The van der Waals surface area contributed by atoms with Gasteiger partial charge in [-0.2, -0.15) is 0 Å². The summed E-state index contributed by atoms with van der Waals surface area (Å²) in [7, 11) is 0. The standard InChI is InChI=1S/C15H13Cl2N3/c1-9-5-3-4-6-13(9)20-14(10(2)16)19-12-7-11(17)8-18-15(12)20/h3-8,10H,1-2H3. The summed E-state index contributed by atoms with van der Waals surface area (Å²) in [5.41, 5.74) is 3.70. The summed E-state index contributed by atoms with van der Waals surface area (Å²) in [5.74, 6) is 0.769. The van der Waals surface area contributed by atoms with Crippen molar-refractivity contribution in [1.82, 2.24) is 14.5 Å². The molecule has 3 rings (SSSR count). The van der Waals surface area contributed by atoms with Crippen molar-refractivity contribution in [2.75, 3.05) is 0 Å². The second kappa shape index (κ2) is 5.08. The first-order valence-electron chi connectivity index (χ1n) is 6.32. The number of halogens is 2. The highest BCUT2D eigenvalue weighted by atomic mass is 35.5. The van der Waals surface area contributed by atoms with E-state index in [9.17, 15) is 0 Å². The van der Waals surface area contributed by atoms with Crippen LogP contribution in [0.25, 0.3) is 16.9 Å². The molecule has 1 atom stereocenters. The molecule has 20 heavy (non-hydrogen) atoms. The van der Waals surface area contributed by atoms with Crippen LogP contribution >= 0.6 is 23.2 Å². The van der Waals surface area contributed by atoms with Gasteiger partial charge < -0.3 is 0 Å². The molecule has 2 heterocycles. The van der Waals surface area contributed by atoms with E-state index >= 15 is 0 Å². The Morgan fingerprint density at radius 2 is 2.00 bits per heavy atom. The summed E-state index contributed by atoms with van der Waals surface area (Å²) in [4.78, 5) is 8.99. The highest BCUT2D eigenvalue weighted by molar-refractivity contribution is 6.31. The van der Waals surface area contributed by atoms with E-state index in [-0.39, 0.29) is 5.38 Å². The van der Waals surface area contributed by atoms with Crippen molar-refractivity contribution >= 4 is 34.4 Å². The van der Waals surface area contributed by atoms with Crippen molar-refractivity contribution in [1.29, 1.82) is 0 Å². The van der Waals surface area contributed by atoms with Crippen LogP contribution in [0.2, 0.25) is 5.02 Å². The van der Waals surface area contributed by atoms with Gasteiger partial charge in [-0.05, 0) is 31.5 Å². The number of nitrogens with zero attached hydrogens (tertiary/aromatic N) is 3. The van der Waals surface area contributed by atoms with Crippen LogP contribution in [-0.4, -0.2) is 14.5 Å². The highest BCUT2D eigenvalue weighted by Crippen LogP contribution is 2.29. The minimum absolute atomic E-state index is 0.220. The first kappa shape index (κ1) is 13.4. The third-order valence-electron chi connectivity index (χ3n) is 3.20. The molecule has 1 aromatic carbocycles. The number of hydrogen-bond donors (Lipinski definition) is 0. The number of benzene rings is 1. The predicted molar refractivity (Wildman–Crippen MR) is 82.9 cm³/mol. The first-order chi connectivity index (χ1) is 9.58. The summed E-state index contributed by atoms with van der Waals surface area (Å²) in [6, 6.07) is 9.90. The molecule has 0 aliphatic heterocycles. The van der Waals surface area contributed by atoms with Crippen molar-refractivity contribution in [3.05, 3.63) is 52.9 Å². The molecule has 0 saturated carbocycles. The molecule has 0 bridgehead atoms. The van der Waals surface area contributed by atoms with E-state index in [1.54, 1.807) is 12.3 Å². The zero-order chi connectivity index (χ0) is 14.3. The van der Waals surface area contributed by atoms with Crippen LogP contribution in [0, 0.1) is 6.92 Å². The lowest BCUT2D eigenvalue weighted by Gasteiger charge is -2.12. The average Bonchev–Trinajstić information content (AvgIpc) is 2.78. The predicted octanol–water partition coefficient (Wildman–Crippen LogP) is 4.68. The Bertz CT molecular complexity index is 778. The van der Waals surface area contributed by atoms with E-state index in [1.165, 1.54) is 0 Å². The molecule has 0 saturated heterocycles. The summed E-state index contributed by atoms with van der Waals surface area (Å²) in [5, 5.41) is 0.350. The summed E-state index contributed by atoms with van der Waals surface area (Å²) in [6.07, 6.45) is 1.63. The van der Waals surface area contributed by atoms with Crippen LogP contribution in [0.1, 0.15) is 23.7 Å². The van der Waals surface area contributed by atoms with Crippen LogP contribution in [0.3, 0.4) is 0 Å². The molecule has 0 N–H and O–H groups in total. The summed E-state index contributed by atoms with van der Waals surface area (Å²) < 4.78 is 2.00. The lowest BCUT2D eigenvalue weighted by atomic mass is 10.2. The summed E-state index contributed by atoms with van der Waals surface area (Å²) >= 11 is 12.3. The second-order valence-corrected chi connectivity index (χ2v) is 5.80. The number of aromatic nitrogens is 3. The molecule has 0 radical (unpaired) electrons. The van der Waals surface area contributed by atoms with Gasteiger partial charge in [-0.1, -0.05) is 29.8 Å². The zero-order valence-electron chi connectivity index (χ0n) is 11.1. The minimum atomic E-state index is -0.220. The van der Waals surface area contributed by atoms with Gasteiger partial charge in [-0.3, -0.25) is 4.57 Å². The van der Waals surface area contributed by atoms with Gasteiger partial charge in [0.1, 0.15) is 11.3 Å². The molecule has 0 amide bonds. The molecule has 0 aliphatic rings.